The van der Waals surface area contributed by atoms with Crippen molar-refractivity contribution in [3.05, 3.63) is 42.0 Å². The second-order valence-electron chi connectivity index (χ2n) is 6.01. The number of fused-ring (bicyclic) bond motifs is 1. The molecule has 0 amide bonds. The van der Waals surface area contributed by atoms with Gasteiger partial charge in [0.2, 0.25) is 0 Å². The second-order valence-corrected chi connectivity index (χ2v) is 6.01. The van der Waals surface area contributed by atoms with E-state index in [0.29, 0.717) is 5.75 Å². The minimum atomic E-state index is -0.865. The van der Waals surface area contributed by atoms with Crippen molar-refractivity contribution < 1.29 is 14.6 Å². The summed E-state index contributed by atoms with van der Waals surface area (Å²) < 4.78 is 5.38. The number of hydrogen-bond donors (Lipinski definition) is 1. The summed E-state index contributed by atoms with van der Waals surface area (Å²) in [5.74, 6) is 0.257. The van der Waals surface area contributed by atoms with Crippen LogP contribution in [-0.2, 0) is 10.4 Å². The van der Waals surface area contributed by atoms with Crippen LogP contribution in [0.3, 0.4) is 0 Å². The topological polar surface area (TPSA) is 46.5 Å². The number of ether oxygens (including phenoxy) is 1. The van der Waals surface area contributed by atoms with Crippen LogP contribution in [0.25, 0.3) is 10.8 Å². The van der Waals surface area contributed by atoms with Gasteiger partial charge in [-0.2, -0.15) is 0 Å². The van der Waals surface area contributed by atoms with Gasteiger partial charge in [0.05, 0.1) is 11.5 Å². The predicted molar refractivity (Wildman–Crippen MR) is 84.3 cm³/mol. The predicted octanol–water partition coefficient (Wildman–Crippen LogP) is 4.02. The van der Waals surface area contributed by atoms with Gasteiger partial charge in [-0.25, -0.2) is 0 Å². The van der Waals surface area contributed by atoms with Crippen molar-refractivity contribution in [2.24, 2.45) is 5.92 Å². The fraction of sp³-hybridized carbons (Fsp3) is 0.389. The van der Waals surface area contributed by atoms with Crippen LogP contribution >= 0.6 is 0 Å². The van der Waals surface area contributed by atoms with Gasteiger partial charge in [-0.3, -0.25) is 4.79 Å². The molecule has 2 aromatic rings. The Morgan fingerprint density at radius 1 is 1.19 bits per heavy atom. The zero-order valence-electron chi connectivity index (χ0n) is 13.0. The number of rotatable bonds is 4. The first-order valence-electron chi connectivity index (χ1n) is 7.29. The fourth-order valence-electron chi connectivity index (χ4n) is 2.05. The molecule has 21 heavy (non-hydrogen) atoms. The first-order chi connectivity index (χ1) is 9.81. The normalized spacial score (nSPS) is 13.2. The van der Waals surface area contributed by atoms with Crippen molar-refractivity contribution in [3.63, 3.8) is 0 Å². The molecule has 0 aliphatic carbocycles. The van der Waals surface area contributed by atoms with Crippen LogP contribution in [0, 0.1) is 5.92 Å². The maximum atomic E-state index is 11.8. The van der Waals surface area contributed by atoms with E-state index in [9.17, 15) is 9.90 Å². The summed E-state index contributed by atoms with van der Waals surface area (Å²) in [7, 11) is 0. The summed E-state index contributed by atoms with van der Waals surface area (Å²) in [5, 5.41) is 12.0. The van der Waals surface area contributed by atoms with Crippen LogP contribution in [0.2, 0.25) is 0 Å². The molecule has 0 saturated carbocycles. The molecular formula is C18H22O3. The van der Waals surface area contributed by atoms with Crippen LogP contribution in [0.5, 0.6) is 5.75 Å². The van der Waals surface area contributed by atoms with E-state index in [-0.39, 0.29) is 11.9 Å². The zero-order chi connectivity index (χ0) is 15.6. The molecule has 0 bridgehead atoms. The van der Waals surface area contributed by atoms with E-state index in [1.165, 1.54) is 0 Å². The van der Waals surface area contributed by atoms with Gasteiger partial charge < -0.3 is 9.84 Å². The molecule has 3 nitrogen and oxygen atoms in total. The van der Waals surface area contributed by atoms with Crippen LogP contribution in [0.15, 0.2) is 36.4 Å². The number of benzene rings is 2. The molecule has 0 aromatic heterocycles. The number of carbonyl (C=O) groups is 1. The van der Waals surface area contributed by atoms with Crippen LogP contribution in [-0.4, -0.2) is 11.1 Å². The quantitative estimate of drug-likeness (QED) is 0.682. The molecule has 0 spiro atoms. The minimum Gasteiger partial charge on any atom is -0.426 e. The van der Waals surface area contributed by atoms with Crippen molar-refractivity contribution in [2.45, 2.75) is 39.7 Å². The maximum Gasteiger partial charge on any atom is 0.314 e. The molecular weight excluding hydrogens is 264 g/mol. The Hall–Kier alpha value is -1.87. The molecule has 0 fully saturated rings. The Kier molecular flexibility index (Phi) is 4.33. The van der Waals surface area contributed by atoms with Crippen LogP contribution < -0.4 is 4.74 Å². The highest BCUT2D eigenvalue weighted by atomic mass is 16.5. The molecule has 0 aliphatic heterocycles. The molecule has 0 radical (unpaired) electrons. The Bertz CT molecular complexity index is 653. The lowest BCUT2D eigenvalue weighted by Crippen LogP contribution is -2.17. The van der Waals surface area contributed by atoms with E-state index in [0.717, 1.165) is 22.8 Å². The highest BCUT2D eigenvalue weighted by molar-refractivity contribution is 5.85. The van der Waals surface area contributed by atoms with Gasteiger partial charge in [-0.15, -0.1) is 0 Å². The Labute approximate surface area is 125 Å². The molecule has 1 atom stereocenters. The van der Waals surface area contributed by atoms with Gasteiger partial charge in [0.15, 0.2) is 0 Å². The molecule has 1 N–H and O–H groups in total. The number of esters is 1. The lowest BCUT2D eigenvalue weighted by atomic mass is 9.95. The smallest absolute Gasteiger partial charge is 0.314 e. The Balaban J connectivity index is 2.29. The van der Waals surface area contributed by atoms with E-state index in [4.69, 9.17) is 4.74 Å². The summed E-state index contributed by atoms with van der Waals surface area (Å²) in [4.78, 5) is 11.8. The first kappa shape index (κ1) is 15.5. The fourth-order valence-corrected chi connectivity index (χ4v) is 2.05. The first-order valence-corrected chi connectivity index (χ1v) is 7.29. The average Bonchev–Trinajstić information content (AvgIpc) is 2.44. The monoisotopic (exact) mass is 286 g/mol. The van der Waals surface area contributed by atoms with E-state index < -0.39 is 5.60 Å². The third kappa shape index (κ3) is 3.61. The van der Waals surface area contributed by atoms with E-state index in [1.54, 1.807) is 19.9 Å². The largest absolute Gasteiger partial charge is 0.426 e. The Morgan fingerprint density at radius 3 is 2.43 bits per heavy atom. The van der Waals surface area contributed by atoms with Crippen molar-refractivity contribution >= 4 is 16.7 Å². The molecule has 3 heteroatoms. The molecule has 2 aromatic carbocycles. The van der Waals surface area contributed by atoms with Crippen molar-refractivity contribution in [3.8, 4) is 5.75 Å². The standard InChI is InChI=1S/C18H22O3/c1-5-12(2)17(19)21-16-9-7-13-10-15(18(3,4)20)8-6-14(13)11-16/h6-12,20H,5H2,1-4H3. The minimum absolute atomic E-state index is 0.0988. The second kappa shape index (κ2) is 5.86. The van der Waals surface area contributed by atoms with E-state index >= 15 is 0 Å². The van der Waals surface area contributed by atoms with E-state index in [1.807, 2.05) is 44.2 Å². The molecule has 0 heterocycles. The van der Waals surface area contributed by atoms with Gasteiger partial charge in [-0.1, -0.05) is 32.0 Å². The Morgan fingerprint density at radius 2 is 1.81 bits per heavy atom. The third-order valence-electron chi connectivity index (χ3n) is 3.75. The van der Waals surface area contributed by atoms with Crippen molar-refractivity contribution in [1.82, 2.24) is 0 Å². The maximum absolute atomic E-state index is 11.8. The zero-order valence-corrected chi connectivity index (χ0v) is 13.0. The molecule has 112 valence electrons. The highest BCUT2D eigenvalue weighted by Gasteiger charge is 2.16. The van der Waals surface area contributed by atoms with Crippen molar-refractivity contribution in [1.29, 1.82) is 0 Å². The summed E-state index contributed by atoms with van der Waals surface area (Å²) in [6.45, 7) is 7.34. The van der Waals surface area contributed by atoms with Gasteiger partial charge in [-0.05, 0) is 54.8 Å². The van der Waals surface area contributed by atoms with Gasteiger partial charge >= 0.3 is 5.97 Å². The SMILES string of the molecule is CCC(C)C(=O)Oc1ccc2cc(C(C)(C)O)ccc2c1. The molecule has 2 rings (SSSR count). The summed E-state index contributed by atoms with van der Waals surface area (Å²) in [6, 6.07) is 11.3. The summed E-state index contributed by atoms with van der Waals surface area (Å²) >= 11 is 0. The summed E-state index contributed by atoms with van der Waals surface area (Å²) in [6.07, 6.45) is 0.765. The average molecular weight is 286 g/mol. The van der Waals surface area contributed by atoms with Crippen LogP contribution in [0.1, 0.15) is 39.7 Å². The van der Waals surface area contributed by atoms with Gasteiger partial charge in [0, 0.05) is 0 Å². The summed E-state index contributed by atoms with van der Waals surface area (Å²) in [5.41, 5.74) is -0.00468. The van der Waals surface area contributed by atoms with Gasteiger partial charge in [0.1, 0.15) is 5.75 Å². The van der Waals surface area contributed by atoms with E-state index in [2.05, 4.69) is 0 Å². The van der Waals surface area contributed by atoms with Crippen LogP contribution in [0.4, 0.5) is 0 Å². The number of hydrogen-bond acceptors (Lipinski definition) is 3. The molecule has 1 unspecified atom stereocenters. The van der Waals surface area contributed by atoms with Crippen molar-refractivity contribution in [2.75, 3.05) is 0 Å². The molecule has 0 saturated heterocycles. The third-order valence-corrected chi connectivity index (χ3v) is 3.75. The molecule has 0 aliphatic rings. The highest BCUT2D eigenvalue weighted by Crippen LogP contribution is 2.27. The number of carbonyl (C=O) groups excluding carboxylic acids is 1. The lowest BCUT2D eigenvalue weighted by molar-refractivity contribution is -0.138. The van der Waals surface area contributed by atoms with Gasteiger partial charge in [0.25, 0.3) is 0 Å². The lowest BCUT2D eigenvalue weighted by Gasteiger charge is -2.18. The number of aliphatic hydroxyl groups is 1.